The van der Waals surface area contributed by atoms with E-state index in [1.165, 1.54) is 25.1 Å². The predicted octanol–water partition coefficient (Wildman–Crippen LogP) is 3.02. The van der Waals surface area contributed by atoms with E-state index in [2.05, 4.69) is 4.98 Å². The van der Waals surface area contributed by atoms with Crippen LogP contribution in [-0.4, -0.2) is 28.9 Å². The van der Waals surface area contributed by atoms with Gasteiger partial charge in [0, 0.05) is 19.3 Å². The largest absolute Gasteiger partial charge is 0.339 e. The molecule has 1 aromatic heterocycles. The lowest BCUT2D eigenvalue weighted by molar-refractivity contribution is 0.0713. The van der Waals surface area contributed by atoms with Crippen LogP contribution in [0.4, 0.5) is 4.39 Å². The molecule has 0 unspecified atom stereocenters. The number of carbonyl (C=O) groups is 1. The first-order valence-electron chi connectivity index (χ1n) is 6.57. The van der Waals surface area contributed by atoms with Gasteiger partial charge in [-0.15, -0.1) is 0 Å². The third-order valence-corrected chi connectivity index (χ3v) is 3.70. The Morgan fingerprint density at radius 2 is 2.00 bits per heavy atom. The molecule has 3 nitrogen and oxygen atoms in total. The van der Waals surface area contributed by atoms with Crippen molar-refractivity contribution in [2.45, 2.75) is 44.6 Å². The average molecular weight is 250 g/mol. The fourth-order valence-corrected chi connectivity index (χ4v) is 2.55. The second kappa shape index (κ2) is 5.94. The number of carbonyl (C=O) groups excluding carboxylic acids is 1. The van der Waals surface area contributed by atoms with Crippen LogP contribution in [-0.2, 0) is 0 Å². The Morgan fingerprint density at radius 3 is 2.61 bits per heavy atom. The fraction of sp³-hybridized carbons (Fsp3) is 0.571. The van der Waals surface area contributed by atoms with Crippen LogP contribution >= 0.6 is 0 Å². The highest BCUT2D eigenvalue weighted by Crippen LogP contribution is 2.22. The van der Waals surface area contributed by atoms with Crippen LogP contribution in [0.15, 0.2) is 18.5 Å². The third kappa shape index (κ3) is 2.86. The molecule has 0 saturated heterocycles. The minimum Gasteiger partial charge on any atom is -0.339 e. The Morgan fingerprint density at radius 1 is 1.33 bits per heavy atom. The van der Waals surface area contributed by atoms with Crippen LogP contribution in [0, 0.1) is 5.82 Å². The molecule has 0 bridgehead atoms. The molecule has 1 aromatic rings. The molecule has 0 atom stereocenters. The first kappa shape index (κ1) is 13.0. The van der Waals surface area contributed by atoms with E-state index in [-0.39, 0.29) is 17.5 Å². The normalized spacial score (nSPS) is 17.2. The number of hydrogen-bond acceptors (Lipinski definition) is 2. The van der Waals surface area contributed by atoms with Crippen molar-refractivity contribution < 1.29 is 9.18 Å². The molecule has 0 spiro atoms. The average Bonchev–Trinajstić information content (AvgIpc) is 2.66. The van der Waals surface area contributed by atoms with Gasteiger partial charge >= 0.3 is 0 Å². The van der Waals surface area contributed by atoms with Crippen molar-refractivity contribution in [1.82, 2.24) is 9.88 Å². The molecule has 1 fully saturated rings. The number of halogens is 1. The summed E-state index contributed by atoms with van der Waals surface area (Å²) < 4.78 is 13.5. The van der Waals surface area contributed by atoms with Crippen molar-refractivity contribution in [3.8, 4) is 0 Å². The van der Waals surface area contributed by atoms with Crippen LogP contribution in [0.2, 0.25) is 0 Å². The number of pyridine rings is 1. The van der Waals surface area contributed by atoms with Crippen molar-refractivity contribution in [1.29, 1.82) is 0 Å². The first-order chi connectivity index (χ1) is 8.70. The molecule has 1 amide bonds. The molecule has 1 aliphatic rings. The zero-order valence-corrected chi connectivity index (χ0v) is 10.7. The predicted molar refractivity (Wildman–Crippen MR) is 67.8 cm³/mol. The van der Waals surface area contributed by atoms with E-state index in [0.717, 1.165) is 31.9 Å². The number of nitrogens with zero attached hydrogens (tertiary/aromatic N) is 2. The van der Waals surface area contributed by atoms with Gasteiger partial charge < -0.3 is 4.90 Å². The Kier molecular flexibility index (Phi) is 4.28. The molecule has 0 N–H and O–H groups in total. The standard InChI is InChI=1S/C14H19FN2O/c1-17(11-6-4-2-3-5-7-11)14(18)12-8-9-16-10-13(12)15/h8-11H,2-7H2,1H3. The lowest BCUT2D eigenvalue weighted by Crippen LogP contribution is -2.37. The molecule has 0 radical (unpaired) electrons. The Bertz CT molecular complexity index is 414. The summed E-state index contributed by atoms with van der Waals surface area (Å²) in [6.07, 6.45) is 9.38. The van der Waals surface area contributed by atoms with Crippen molar-refractivity contribution in [2.24, 2.45) is 0 Å². The summed E-state index contributed by atoms with van der Waals surface area (Å²) in [5.41, 5.74) is 0.122. The highest BCUT2D eigenvalue weighted by molar-refractivity contribution is 5.94. The molecule has 1 saturated carbocycles. The van der Waals surface area contributed by atoms with E-state index in [9.17, 15) is 9.18 Å². The van der Waals surface area contributed by atoms with Gasteiger partial charge in [0.05, 0.1) is 11.8 Å². The second-order valence-electron chi connectivity index (χ2n) is 4.92. The number of rotatable bonds is 2. The number of amides is 1. The van der Waals surface area contributed by atoms with E-state index < -0.39 is 5.82 Å². The molecular weight excluding hydrogens is 231 g/mol. The quantitative estimate of drug-likeness (QED) is 0.756. The van der Waals surface area contributed by atoms with Gasteiger partial charge in [-0.05, 0) is 18.9 Å². The minimum absolute atomic E-state index is 0.122. The van der Waals surface area contributed by atoms with E-state index in [1.807, 2.05) is 0 Å². The van der Waals surface area contributed by atoms with Crippen molar-refractivity contribution in [3.05, 3.63) is 29.8 Å². The maximum atomic E-state index is 13.5. The molecule has 18 heavy (non-hydrogen) atoms. The SMILES string of the molecule is CN(C(=O)c1ccncc1F)C1CCCCCC1. The molecule has 1 aliphatic carbocycles. The van der Waals surface area contributed by atoms with Crippen LogP contribution in [0.1, 0.15) is 48.9 Å². The molecule has 0 aliphatic heterocycles. The Balaban J connectivity index is 2.10. The summed E-state index contributed by atoms with van der Waals surface area (Å²) in [6.45, 7) is 0. The van der Waals surface area contributed by atoms with E-state index in [1.54, 1.807) is 11.9 Å². The summed E-state index contributed by atoms with van der Waals surface area (Å²) in [4.78, 5) is 17.6. The molecule has 98 valence electrons. The van der Waals surface area contributed by atoms with Crippen molar-refractivity contribution in [2.75, 3.05) is 7.05 Å². The van der Waals surface area contributed by atoms with E-state index in [4.69, 9.17) is 0 Å². The van der Waals surface area contributed by atoms with Gasteiger partial charge in [-0.2, -0.15) is 0 Å². The van der Waals surface area contributed by atoms with Crippen LogP contribution in [0.5, 0.6) is 0 Å². The lowest BCUT2D eigenvalue weighted by atomic mass is 10.1. The smallest absolute Gasteiger partial charge is 0.256 e. The maximum absolute atomic E-state index is 13.5. The molecule has 0 aromatic carbocycles. The van der Waals surface area contributed by atoms with Crippen molar-refractivity contribution >= 4 is 5.91 Å². The molecule has 2 rings (SSSR count). The van der Waals surface area contributed by atoms with E-state index >= 15 is 0 Å². The number of aromatic nitrogens is 1. The molecule has 1 heterocycles. The Hall–Kier alpha value is -1.45. The topological polar surface area (TPSA) is 33.2 Å². The zero-order chi connectivity index (χ0) is 13.0. The third-order valence-electron chi connectivity index (χ3n) is 3.70. The van der Waals surface area contributed by atoms with E-state index in [0.29, 0.717) is 0 Å². The summed E-state index contributed by atoms with van der Waals surface area (Å²) in [7, 11) is 1.78. The van der Waals surface area contributed by atoms with Crippen LogP contribution in [0.25, 0.3) is 0 Å². The molecule has 4 heteroatoms. The molecular formula is C14H19FN2O. The van der Waals surface area contributed by atoms with Gasteiger partial charge in [-0.3, -0.25) is 9.78 Å². The highest BCUT2D eigenvalue weighted by Gasteiger charge is 2.23. The van der Waals surface area contributed by atoms with Gasteiger partial charge in [0.15, 0.2) is 5.82 Å². The van der Waals surface area contributed by atoms with Gasteiger partial charge in [0.1, 0.15) is 0 Å². The second-order valence-corrected chi connectivity index (χ2v) is 4.92. The summed E-state index contributed by atoms with van der Waals surface area (Å²) in [5, 5.41) is 0. The number of hydrogen-bond donors (Lipinski definition) is 0. The van der Waals surface area contributed by atoms with Gasteiger partial charge in [0.2, 0.25) is 0 Å². The van der Waals surface area contributed by atoms with Gasteiger partial charge in [-0.1, -0.05) is 25.7 Å². The van der Waals surface area contributed by atoms with Gasteiger partial charge in [0.25, 0.3) is 5.91 Å². The first-order valence-corrected chi connectivity index (χ1v) is 6.57. The minimum atomic E-state index is -0.539. The lowest BCUT2D eigenvalue weighted by Gasteiger charge is -2.27. The summed E-state index contributed by atoms with van der Waals surface area (Å²) >= 11 is 0. The summed E-state index contributed by atoms with van der Waals surface area (Å²) in [6, 6.07) is 1.69. The van der Waals surface area contributed by atoms with Crippen LogP contribution in [0.3, 0.4) is 0 Å². The van der Waals surface area contributed by atoms with Crippen molar-refractivity contribution in [3.63, 3.8) is 0 Å². The monoisotopic (exact) mass is 250 g/mol. The van der Waals surface area contributed by atoms with Crippen LogP contribution < -0.4 is 0 Å². The maximum Gasteiger partial charge on any atom is 0.256 e. The fourth-order valence-electron chi connectivity index (χ4n) is 2.55. The van der Waals surface area contributed by atoms with Gasteiger partial charge in [-0.25, -0.2) is 4.39 Å². The Labute approximate surface area is 107 Å². The zero-order valence-electron chi connectivity index (χ0n) is 10.7. The highest BCUT2D eigenvalue weighted by atomic mass is 19.1. The summed E-state index contributed by atoms with van der Waals surface area (Å²) in [5.74, 6) is -0.773.